The number of piperidine rings is 1. The smallest absolute Gasteiger partial charge is 0.246 e. The summed E-state index contributed by atoms with van der Waals surface area (Å²) in [6.07, 6.45) is 4.70. The van der Waals surface area contributed by atoms with Crippen molar-refractivity contribution < 1.29 is 9.59 Å². The Labute approximate surface area is 170 Å². The number of nitrogens with one attached hydrogen (secondary N) is 2. The van der Waals surface area contributed by atoms with Crippen molar-refractivity contribution in [3.05, 3.63) is 12.4 Å². The Morgan fingerprint density at radius 3 is 2.21 bits per heavy atom. The van der Waals surface area contributed by atoms with Gasteiger partial charge in [-0.05, 0) is 49.4 Å². The normalized spacial score (nSPS) is 31.1. The lowest BCUT2D eigenvalue weighted by molar-refractivity contribution is -0.142. The summed E-state index contributed by atoms with van der Waals surface area (Å²) in [6, 6.07) is -0.701. The van der Waals surface area contributed by atoms with Crippen LogP contribution in [0, 0.1) is 22.7 Å². The summed E-state index contributed by atoms with van der Waals surface area (Å²) in [5.74, 6) is 1.57. The lowest BCUT2D eigenvalue weighted by Gasteiger charge is -2.39. The summed E-state index contributed by atoms with van der Waals surface area (Å²) in [6.45, 7) is 19.3. The van der Waals surface area contributed by atoms with E-state index < -0.39 is 6.04 Å². The number of rotatable bonds is 6. The molecule has 1 saturated heterocycles. The fourth-order valence-electron chi connectivity index (χ4n) is 5.65. The van der Waals surface area contributed by atoms with Crippen LogP contribution in [-0.4, -0.2) is 40.8 Å². The SMILES string of the molecule is C=C(NC(C(=O)N1C[C@H]2[C@@H](C1C(C)=O)C2(C)C)C(C)(C)C)NC1(C)CCCC1. The van der Waals surface area contributed by atoms with Crippen LogP contribution in [-0.2, 0) is 9.59 Å². The lowest BCUT2D eigenvalue weighted by Crippen LogP contribution is -2.58. The van der Waals surface area contributed by atoms with Gasteiger partial charge in [0.15, 0.2) is 5.78 Å². The van der Waals surface area contributed by atoms with Crippen molar-refractivity contribution in [1.82, 2.24) is 15.5 Å². The second-order valence-corrected chi connectivity index (χ2v) is 11.3. The highest BCUT2D eigenvalue weighted by molar-refractivity contribution is 5.92. The first-order chi connectivity index (χ1) is 12.8. The van der Waals surface area contributed by atoms with Crippen LogP contribution in [0.5, 0.6) is 0 Å². The molecular formula is C23H39N3O2. The molecule has 0 aromatic carbocycles. The third-order valence-electron chi connectivity index (χ3n) is 7.50. The molecule has 2 saturated carbocycles. The van der Waals surface area contributed by atoms with Crippen LogP contribution in [0.25, 0.3) is 0 Å². The second-order valence-electron chi connectivity index (χ2n) is 11.3. The van der Waals surface area contributed by atoms with Gasteiger partial charge in [-0.15, -0.1) is 0 Å². The zero-order valence-corrected chi connectivity index (χ0v) is 18.8. The van der Waals surface area contributed by atoms with Gasteiger partial charge in [-0.1, -0.05) is 54.0 Å². The van der Waals surface area contributed by atoms with E-state index >= 15 is 0 Å². The first-order valence-electron chi connectivity index (χ1n) is 10.8. The average molecular weight is 390 g/mol. The topological polar surface area (TPSA) is 61.4 Å². The van der Waals surface area contributed by atoms with Crippen LogP contribution >= 0.6 is 0 Å². The van der Waals surface area contributed by atoms with Crippen molar-refractivity contribution in [2.45, 2.75) is 91.8 Å². The maximum absolute atomic E-state index is 13.6. The minimum atomic E-state index is -0.417. The molecular weight excluding hydrogens is 350 g/mol. The van der Waals surface area contributed by atoms with Crippen molar-refractivity contribution in [3.8, 4) is 0 Å². The molecule has 0 aromatic heterocycles. The monoisotopic (exact) mass is 389 g/mol. The van der Waals surface area contributed by atoms with Crippen molar-refractivity contribution in [1.29, 1.82) is 0 Å². The van der Waals surface area contributed by atoms with E-state index in [0.717, 1.165) is 12.8 Å². The molecule has 1 heterocycles. The number of hydrogen-bond donors (Lipinski definition) is 2. The average Bonchev–Trinajstić information content (AvgIpc) is 2.95. The van der Waals surface area contributed by atoms with E-state index in [-0.39, 0.29) is 34.1 Å². The number of fused-ring (bicyclic) bond motifs is 1. The number of nitrogens with zero attached hydrogens (tertiary/aromatic N) is 1. The van der Waals surface area contributed by atoms with Gasteiger partial charge in [0.1, 0.15) is 6.04 Å². The quantitative estimate of drug-likeness (QED) is 0.730. The molecule has 158 valence electrons. The fourth-order valence-corrected chi connectivity index (χ4v) is 5.65. The first-order valence-corrected chi connectivity index (χ1v) is 10.8. The minimum Gasteiger partial charge on any atom is -0.367 e. The first kappa shape index (κ1) is 21.2. The predicted octanol–water partition coefficient (Wildman–Crippen LogP) is 3.46. The summed E-state index contributed by atoms with van der Waals surface area (Å²) in [7, 11) is 0. The number of likely N-dealkylation sites (tertiary alicyclic amines) is 1. The Kier molecular flexibility index (Phi) is 5.13. The maximum Gasteiger partial charge on any atom is 0.246 e. The van der Waals surface area contributed by atoms with Crippen molar-refractivity contribution in [2.75, 3.05) is 6.54 Å². The molecule has 3 fully saturated rings. The lowest BCUT2D eigenvalue weighted by atomic mass is 9.85. The largest absolute Gasteiger partial charge is 0.367 e. The molecule has 0 bridgehead atoms. The van der Waals surface area contributed by atoms with E-state index in [2.05, 4.69) is 58.8 Å². The molecule has 2 unspecified atom stereocenters. The fraction of sp³-hybridized carbons (Fsp3) is 0.826. The molecule has 0 spiro atoms. The molecule has 0 aromatic rings. The van der Waals surface area contributed by atoms with Crippen molar-refractivity contribution >= 4 is 11.7 Å². The number of ketones is 1. The molecule has 2 aliphatic carbocycles. The van der Waals surface area contributed by atoms with E-state index in [0.29, 0.717) is 24.2 Å². The van der Waals surface area contributed by atoms with Gasteiger partial charge in [-0.3, -0.25) is 9.59 Å². The maximum atomic E-state index is 13.6. The second kappa shape index (κ2) is 6.77. The molecule has 3 aliphatic rings. The summed E-state index contributed by atoms with van der Waals surface area (Å²) >= 11 is 0. The third-order valence-corrected chi connectivity index (χ3v) is 7.50. The van der Waals surface area contributed by atoms with Crippen molar-refractivity contribution in [2.24, 2.45) is 22.7 Å². The summed E-state index contributed by atoms with van der Waals surface area (Å²) < 4.78 is 0. The number of hydrogen-bond acceptors (Lipinski definition) is 4. The van der Waals surface area contributed by atoms with E-state index in [1.165, 1.54) is 12.8 Å². The molecule has 1 aliphatic heterocycles. The standard InChI is InChI=1S/C23H39N3O2/c1-14(27)18-17-16(22(17,6)7)13-26(18)20(28)19(21(3,4)5)24-15(2)25-23(8)11-9-10-12-23/h16-19,24-25H,2,9-13H2,1,3-8H3/t16-,17-,18?,19?/m0/s1. The zero-order chi connectivity index (χ0) is 21.1. The molecule has 3 rings (SSSR count). The van der Waals surface area contributed by atoms with Gasteiger partial charge in [0.2, 0.25) is 5.91 Å². The van der Waals surface area contributed by atoms with Gasteiger partial charge in [0.25, 0.3) is 0 Å². The molecule has 2 N–H and O–H groups in total. The van der Waals surface area contributed by atoms with Gasteiger partial charge in [-0.25, -0.2) is 0 Å². The third kappa shape index (κ3) is 3.69. The number of Topliss-reactive ketones (excluding diaryl/α,β-unsaturated/α-hetero) is 1. The van der Waals surface area contributed by atoms with Gasteiger partial charge >= 0.3 is 0 Å². The molecule has 5 nitrogen and oxygen atoms in total. The molecule has 5 heteroatoms. The zero-order valence-electron chi connectivity index (χ0n) is 18.8. The Balaban J connectivity index is 1.74. The number of amides is 1. The van der Waals surface area contributed by atoms with Gasteiger partial charge in [0.05, 0.1) is 11.9 Å². The highest BCUT2D eigenvalue weighted by atomic mass is 16.2. The van der Waals surface area contributed by atoms with Crippen LogP contribution < -0.4 is 10.6 Å². The Morgan fingerprint density at radius 1 is 1.14 bits per heavy atom. The van der Waals surface area contributed by atoms with Crippen molar-refractivity contribution in [3.63, 3.8) is 0 Å². The van der Waals surface area contributed by atoms with Crippen LogP contribution in [0.4, 0.5) is 0 Å². The Morgan fingerprint density at radius 2 is 1.71 bits per heavy atom. The van der Waals surface area contributed by atoms with E-state index in [9.17, 15) is 9.59 Å². The van der Waals surface area contributed by atoms with Gasteiger partial charge in [-0.2, -0.15) is 0 Å². The molecule has 4 atom stereocenters. The van der Waals surface area contributed by atoms with Crippen LogP contribution in [0.2, 0.25) is 0 Å². The summed E-state index contributed by atoms with van der Waals surface area (Å²) in [5, 5.41) is 6.91. The van der Waals surface area contributed by atoms with E-state index in [1.807, 2.05) is 4.90 Å². The Hall–Kier alpha value is -1.52. The van der Waals surface area contributed by atoms with Crippen LogP contribution in [0.1, 0.15) is 74.1 Å². The summed E-state index contributed by atoms with van der Waals surface area (Å²) in [4.78, 5) is 27.8. The number of carbonyl (C=O) groups is 2. The predicted molar refractivity (Wildman–Crippen MR) is 112 cm³/mol. The Bertz CT molecular complexity index is 670. The molecule has 1 amide bonds. The van der Waals surface area contributed by atoms with Gasteiger partial charge in [0, 0.05) is 12.1 Å². The highest BCUT2D eigenvalue weighted by Gasteiger charge is 2.69. The van der Waals surface area contributed by atoms with E-state index in [4.69, 9.17) is 0 Å². The van der Waals surface area contributed by atoms with E-state index in [1.54, 1.807) is 6.92 Å². The minimum absolute atomic E-state index is 0.0234. The molecule has 0 radical (unpaired) electrons. The van der Waals surface area contributed by atoms with Crippen LogP contribution in [0.3, 0.4) is 0 Å². The number of carbonyl (C=O) groups excluding carboxylic acids is 2. The highest BCUT2D eigenvalue weighted by Crippen LogP contribution is 2.65. The van der Waals surface area contributed by atoms with Gasteiger partial charge < -0.3 is 15.5 Å². The summed E-state index contributed by atoms with van der Waals surface area (Å²) in [5.41, 5.74) is -0.0707. The molecule has 28 heavy (non-hydrogen) atoms. The van der Waals surface area contributed by atoms with Crippen LogP contribution in [0.15, 0.2) is 12.4 Å².